The number of cyclic esters (lactones) is 1. The molecule has 52 valence electrons. The topological polar surface area (TPSA) is 52.6 Å². The van der Waals surface area contributed by atoms with Crippen LogP contribution in [0, 0.1) is 0 Å². The zero-order valence-corrected chi connectivity index (χ0v) is 12.0. The maximum atomic E-state index is 10.7. The molecule has 0 unspecified atom stereocenters. The van der Waals surface area contributed by atoms with Crippen LogP contribution in [0.5, 0.6) is 0 Å². The fraction of sp³-hybridized carbons (Fsp3) is 0. The summed E-state index contributed by atoms with van der Waals surface area (Å²) in [6, 6.07) is 0. The van der Waals surface area contributed by atoms with E-state index >= 15 is 0 Å². The molecule has 1 heterocycles. The molecule has 11 heavy (non-hydrogen) atoms. The van der Waals surface area contributed by atoms with Crippen molar-refractivity contribution in [3.05, 3.63) is 12.2 Å². The summed E-state index contributed by atoms with van der Waals surface area (Å²) in [6.07, 6.45) is 2.18. The molecule has 0 aromatic rings. The molecular weight excluding hydrogens is 354 g/mol. The molecule has 1 rings (SSSR count). The molecule has 0 aromatic carbocycles. The molecule has 0 spiro atoms. The van der Waals surface area contributed by atoms with Crippen LogP contribution in [0.4, 0.5) is 0 Å². The average Bonchev–Trinajstić information content (AvgIpc) is 1.95. The van der Waals surface area contributed by atoms with Crippen molar-refractivity contribution in [2.24, 2.45) is 0 Å². The molecule has 0 fully saturated rings. The van der Waals surface area contributed by atoms with Crippen molar-refractivity contribution < 1.29 is 17.2 Å². The first-order valence-electron chi connectivity index (χ1n) is 2.74. The molecule has 0 aliphatic carbocycles. The van der Waals surface area contributed by atoms with Gasteiger partial charge in [-0.15, -0.1) is 0 Å². The first-order valence-corrected chi connectivity index (χ1v) is 7.39. The molecule has 0 aromatic heterocycles. The van der Waals surface area contributed by atoms with Gasteiger partial charge in [-0.2, -0.15) is 0 Å². The predicted octanol–water partition coefficient (Wildman–Crippen LogP) is -1.48. The zero-order chi connectivity index (χ0) is 8.27. The van der Waals surface area contributed by atoms with Gasteiger partial charge in [-0.3, -0.25) is 0 Å². The van der Waals surface area contributed by atoms with E-state index in [1.165, 1.54) is 0 Å². The number of ether oxygens (including phenoxy) is 1. The quantitative estimate of drug-likeness (QED) is 0.497. The summed E-state index contributed by atoms with van der Waals surface area (Å²) in [5.74, 6) is -0.884. The molecule has 0 atom stereocenters. The van der Waals surface area contributed by atoms with Gasteiger partial charge in [0.1, 0.15) is 0 Å². The fourth-order valence-corrected chi connectivity index (χ4v) is 3.46. The van der Waals surface area contributed by atoms with Gasteiger partial charge in [-0.25, -0.2) is 0 Å². The molecule has 1 aliphatic heterocycles. The number of hydrogen-bond donors (Lipinski definition) is 0. The Kier molecular flexibility index (Phi) is 3.71. The molecule has 0 N–H and O–H groups in total. The minimum atomic E-state index is -1.50. The van der Waals surface area contributed by atoms with Crippen molar-refractivity contribution in [3.63, 3.8) is 0 Å². The van der Waals surface area contributed by atoms with Crippen LogP contribution in [0.15, 0.2) is 12.2 Å². The Morgan fingerprint density at radius 2 is 1.91 bits per heavy atom. The Balaban J connectivity index is 2.72. The van der Waals surface area contributed by atoms with E-state index in [0.717, 1.165) is 36.0 Å². The number of esters is 1. The minimum absolute atomic E-state index is 0.422. The van der Waals surface area contributed by atoms with Crippen LogP contribution in [-0.4, -0.2) is 60.4 Å². The van der Waals surface area contributed by atoms with Gasteiger partial charge in [-0.05, 0) is 0 Å². The molecule has 0 bridgehead atoms. The second kappa shape index (κ2) is 4.35. The van der Waals surface area contributed by atoms with Crippen molar-refractivity contribution in [1.82, 2.24) is 0 Å². The van der Waals surface area contributed by atoms with Gasteiger partial charge in [0.2, 0.25) is 0 Å². The normalized spacial score (nSPS) is 20.5. The van der Waals surface area contributed by atoms with E-state index in [1.807, 2.05) is 0 Å². The Morgan fingerprint density at radius 3 is 2.64 bits per heavy atom. The molecule has 0 amide bonds. The average molecular weight is 356 g/mol. The van der Waals surface area contributed by atoms with E-state index in [0.29, 0.717) is 1.20 Å². The van der Waals surface area contributed by atoms with Gasteiger partial charge in [0, 0.05) is 0 Å². The van der Waals surface area contributed by atoms with Crippen LogP contribution >= 0.6 is 0 Å². The maximum absolute atomic E-state index is 10.7. The first kappa shape index (κ1) is 9.38. The fourth-order valence-electron chi connectivity index (χ4n) is 0.466. The summed E-state index contributed by atoms with van der Waals surface area (Å²) in [5, 5.41) is 0. The van der Waals surface area contributed by atoms with Gasteiger partial charge in [0.15, 0.2) is 0 Å². The predicted molar refractivity (Wildman–Crippen MR) is 37.8 cm³/mol. The van der Waals surface area contributed by atoms with Crippen molar-refractivity contribution >= 4 is 60.4 Å². The number of hydrogen-bond acceptors (Lipinski definition) is 4. The molecule has 0 saturated carbocycles. The van der Waals surface area contributed by atoms with Crippen LogP contribution < -0.4 is 0 Å². The van der Waals surface area contributed by atoms with E-state index < -0.39 is 35.3 Å². The van der Waals surface area contributed by atoms with Gasteiger partial charge >= 0.3 is 89.7 Å². The Morgan fingerprint density at radius 1 is 1.27 bits per heavy atom. The summed E-state index contributed by atoms with van der Waals surface area (Å²) in [4.78, 5) is 21.4. The number of rotatable bonds is 0. The van der Waals surface area contributed by atoms with E-state index in [9.17, 15) is 9.59 Å². The van der Waals surface area contributed by atoms with Gasteiger partial charge in [-0.1, -0.05) is 0 Å². The molecule has 6 heteroatoms. The molecular formula is C5H2In2O4. The standard InChI is InChI=1S/C5H3O4.2In/c1-9-5(8)3-2-4(6)7;;/h2-3H,(H,6,7);;/q;;+1/p-1/b3-2-;;. The van der Waals surface area contributed by atoms with Crippen molar-refractivity contribution in [2.45, 2.75) is 0 Å². The molecule has 4 nitrogen and oxygen atoms in total. The Labute approximate surface area is 88.9 Å². The van der Waals surface area contributed by atoms with Gasteiger partial charge in [0.05, 0.1) is 0 Å². The van der Waals surface area contributed by atoms with Crippen LogP contribution in [0.25, 0.3) is 0 Å². The SMILES string of the molecule is O=C1/C=C\C(=O)O[C](=[In])[In][O]1. The van der Waals surface area contributed by atoms with Crippen LogP contribution in [0.3, 0.4) is 0 Å². The van der Waals surface area contributed by atoms with Crippen LogP contribution in [-0.2, 0) is 17.2 Å². The monoisotopic (exact) mass is 356 g/mol. The summed E-state index contributed by atoms with van der Waals surface area (Å²) in [6.45, 7) is 0. The van der Waals surface area contributed by atoms with Crippen molar-refractivity contribution in [2.75, 3.05) is 0 Å². The summed E-state index contributed by atoms with van der Waals surface area (Å²) in [7, 11) is 0. The summed E-state index contributed by atoms with van der Waals surface area (Å²) >= 11 is -0.766. The third kappa shape index (κ3) is 3.46. The summed E-state index contributed by atoms with van der Waals surface area (Å²) < 4.78 is 10.3. The Hall–Kier alpha value is 0.290. The third-order valence-electron chi connectivity index (χ3n) is 0.865. The number of carbonyl (C=O) groups excluding carboxylic acids is 2. The van der Waals surface area contributed by atoms with E-state index in [4.69, 9.17) is 7.59 Å². The van der Waals surface area contributed by atoms with Gasteiger partial charge < -0.3 is 0 Å². The van der Waals surface area contributed by atoms with Crippen molar-refractivity contribution in [3.8, 4) is 0 Å². The summed E-state index contributed by atoms with van der Waals surface area (Å²) in [5.41, 5.74) is 0. The van der Waals surface area contributed by atoms with E-state index in [1.54, 1.807) is 0 Å². The molecule has 1 aliphatic rings. The van der Waals surface area contributed by atoms with E-state index in [2.05, 4.69) is 0 Å². The first-order chi connectivity index (χ1) is 5.18. The molecule has 2 radical (unpaired) electrons. The number of carbonyl (C=O) groups is 2. The van der Waals surface area contributed by atoms with Crippen LogP contribution in [0.1, 0.15) is 0 Å². The van der Waals surface area contributed by atoms with E-state index in [-0.39, 0.29) is 0 Å². The Bertz CT molecular complexity index is 245. The second-order valence-electron chi connectivity index (χ2n) is 1.71. The third-order valence-corrected chi connectivity index (χ3v) is 5.81. The van der Waals surface area contributed by atoms with Crippen molar-refractivity contribution in [1.29, 1.82) is 0 Å². The zero-order valence-electron chi connectivity index (χ0n) is 5.44. The van der Waals surface area contributed by atoms with Gasteiger partial charge in [0.25, 0.3) is 0 Å². The second-order valence-corrected chi connectivity index (χ2v) is 11.7. The molecule has 0 saturated heterocycles. The van der Waals surface area contributed by atoms with Crippen LogP contribution in [0.2, 0.25) is 0 Å².